The summed E-state index contributed by atoms with van der Waals surface area (Å²) in [5, 5.41) is 3.17. The molecule has 7 heteroatoms. The minimum Gasteiger partial charge on any atom is -0.313 e. The van der Waals surface area contributed by atoms with Crippen LogP contribution in [0.5, 0.6) is 0 Å². The molecular formula is C10H14BrN3O2S. The van der Waals surface area contributed by atoms with Crippen molar-refractivity contribution < 1.29 is 8.42 Å². The van der Waals surface area contributed by atoms with E-state index in [1.165, 1.54) is 6.20 Å². The molecular weight excluding hydrogens is 306 g/mol. The van der Waals surface area contributed by atoms with E-state index in [0.29, 0.717) is 5.69 Å². The quantitative estimate of drug-likeness (QED) is 0.878. The van der Waals surface area contributed by atoms with Crippen LogP contribution in [0.3, 0.4) is 0 Å². The molecule has 1 unspecified atom stereocenters. The van der Waals surface area contributed by atoms with Gasteiger partial charge in [-0.15, -0.1) is 0 Å². The number of anilines is 1. The zero-order valence-electron chi connectivity index (χ0n) is 9.19. The molecule has 0 aliphatic carbocycles. The molecule has 1 atom stereocenters. The first-order valence-electron chi connectivity index (χ1n) is 5.39. The Hall–Kier alpha value is -0.660. The van der Waals surface area contributed by atoms with Gasteiger partial charge in [-0.3, -0.25) is 9.71 Å². The minimum atomic E-state index is -3.31. The number of sulfonamides is 1. The maximum atomic E-state index is 11.9. The van der Waals surface area contributed by atoms with Crippen molar-refractivity contribution in [2.24, 2.45) is 0 Å². The number of hydrogen-bond donors (Lipinski definition) is 2. The lowest BCUT2D eigenvalue weighted by atomic mass is 10.3. The Morgan fingerprint density at radius 2 is 2.35 bits per heavy atom. The van der Waals surface area contributed by atoms with E-state index in [-0.39, 0.29) is 11.8 Å². The van der Waals surface area contributed by atoms with Crippen molar-refractivity contribution in [1.29, 1.82) is 0 Å². The Kier molecular flexibility index (Phi) is 4.01. The largest absolute Gasteiger partial charge is 0.313 e. The van der Waals surface area contributed by atoms with Gasteiger partial charge in [0.25, 0.3) is 0 Å². The summed E-state index contributed by atoms with van der Waals surface area (Å²) in [5.41, 5.74) is 0.484. The van der Waals surface area contributed by atoms with Crippen molar-refractivity contribution >= 4 is 31.6 Å². The normalized spacial score (nSPS) is 20.4. The summed E-state index contributed by atoms with van der Waals surface area (Å²) >= 11 is 3.25. The lowest BCUT2D eigenvalue weighted by molar-refractivity contribution is 0.582. The lowest BCUT2D eigenvalue weighted by Gasteiger charge is -2.12. The van der Waals surface area contributed by atoms with E-state index >= 15 is 0 Å². The fourth-order valence-electron chi connectivity index (χ4n) is 1.85. The maximum Gasteiger partial charge on any atom is 0.234 e. The van der Waals surface area contributed by atoms with Crippen LogP contribution in [0.1, 0.15) is 12.8 Å². The lowest BCUT2D eigenvalue weighted by Crippen LogP contribution is -2.32. The predicted octanol–water partition coefficient (Wildman–Crippen LogP) is 1.34. The third kappa shape index (κ3) is 3.93. The van der Waals surface area contributed by atoms with Gasteiger partial charge in [0.15, 0.2) is 0 Å². The number of hydrogen-bond acceptors (Lipinski definition) is 4. The molecule has 1 saturated heterocycles. The van der Waals surface area contributed by atoms with Crippen LogP contribution in [0.4, 0.5) is 5.69 Å². The molecule has 0 radical (unpaired) electrons. The Labute approximate surface area is 109 Å². The summed E-state index contributed by atoms with van der Waals surface area (Å²) in [7, 11) is -3.31. The molecule has 5 nitrogen and oxygen atoms in total. The average Bonchev–Trinajstić information content (AvgIpc) is 2.68. The second-order valence-corrected chi connectivity index (χ2v) is 6.75. The SMILES string of the molecule is O=S(=O)(CC1CCCN1)Nc1cncc(Br)c1. The molecule has 1 aromatic rings. The summed E-state index contributed by atoms with van der Waals surface area (Å²) in [6.07, 6.45) is 5.05. The molecule has 0 bridgehead atoms. The van der Waals surface area contributed by atoms with Gasteiger partial charge >= 0.3 is 0 Å². The van der Waals surface area contributed by atoms with Crippen LogP contribution in [0.2, 0.25) is 0 Å². The number of rotatable bonds is 4. The van der Waals surface area contributed by atoms with Gasteiger partial charge < -0.3 is 5.32 Å². The van der Waals surface area contributed by atoms with Crippen molar-refractivity contribution in [3.63, 3.8) is 0 Å². The molecule has 1 aromatic heterocycles. The summed E-state index contributed by atoms with van der Waals surface area (Å²) in [6.45, 7) is 0.901. The predicted molar refractivity (Wildman–Crippen MR) is 70.4 cm³/mol. The molecule has 94 valence electrons. The molecule has 2 heterocycles. The Morgan fingerprint density at radius 1 is 1.53 bits per heavy atom. The van der Waals surface area contributed by atoms with Crippen LogP contribution in [-0.4, -0.2) is 31.7 Å². The fourth-order valence-corrected chi connectivity index (χ4v) is 3.59. The fraction of sp³-hybridized carbons (Fsp3) is 0.500. The first-order valence-corrected chi connectivity index (χ1v) is 7.84. The molecule has 0 amide bonds. The first kappa shape index (κ1) is 12.8. The summed E-state index contributed by atoms with van der Waals surface area (Å²) in [5.74, 6) is 0.111. The summed E-state index contributed by atoms with van der Waals surface area (Å²) in [4.78, 5) is 3.91. The van der Waals surface area contributed by atoms with E-state index in [1.807, 2.05) is 0 Å². The van der Waals surface area contributed by atoms with Crippen LogP contribution >= 0.6 is 15.9 Å². The van der Waals surface area contributed by atoms with Gasteiger partial charge in [-0.25, -0.2) is 8.42 Å². The highest BCUT2D eigenvalue weighted by molar-refractivity contribution is 9.10. The maximum absolute atomic E-state index is 11.9. The van der Waals surface area contributed by atoms with Crippen LogP contribution in [0.15, 0.2) is 22.9 Å². The molecule has 0 spiro atoms. The van der Waals surface area contributed by atoms with Crippen LogP contribution < -0.4 is 10.0 Å². The molecule has 17 heavy (non-hydrogen) atoms. The zero-order valence-corrected chi connectivity index (χ0v) is 11.6. The van der Waals surface area contributed by atoms with Gasteiger partial charge in [0.1, 0.15) is 0 Å². The van der Waals surface area contributed by atoms with E-state index in [1.54, 1.807) is 12.3 Å². The van der Waals surface area contributed by atoms with Crippen LogP contribution in [0.25, 0.3) is 0 Å². The average molecular weight is 320 g/mol. The second kappa shape index (κ2) is 5.32. The van der Waals surface area contributed by atoms with Gasteiger partial charge in [-0.2, -0.15) is 0 Å². The van der Waals surface area contributed by atoms with Gasteiger partial charge in [0.05, 0.1) is 17.6 Å². The third-order valence-electron chi connectivity index (χ3n) is 2.56. The van der Waals surface area contributed by atoms with E-state index < -0.39 is 10.0 Å². The Bertz CT molecular complexity index is 486. The number of aromatic nitrogens is 1. The van der Waals surface area contributed by atoms with Crippen molar-refractivity contribution in [2.45, 2.75) is 18.9 Å². The highest BCUT2D eigenvalue weighted by Gasteiger charge is 2.21. The van der Waals surface area contributed by atoms with Crippen molar-refractivity contribution in [2.75, 3.05) is 17.0 Å². The molecule has 2 rings (SSSR count). The molecule has 0 aromatic carbocycles. The number of nitrogens with zero attached hydrogens (tertiary/aromatic N) is 1. The molecule has 1 aliphatic heterocycles. The highest BCUT2D eigenvalue weighted by Crippen LogP contribution is 2.16. The zero-order chi connectivity index (χ0) is 12.3. The molecule has 2 N–H and O–H groups in total. The van der Waals surface area contributed by atoms with E-state index in [4.69, 9.17) is 0 Å². The standard InChI is InChI=1S/C10H14BrN3O2S/c11-8-4-10(6-12-5-8)14-17(15,16)7-9-2-1-3-13-9/h4-6,9,13-14H,1-3,7H2. The third-order valence-corrected chi connectivity index (χ3v) is 4.38. The van der Waals surface area contributed by atoms with Crippen LogP contribution in [-0.2, 0) is 10.0 Å². The van der Waals surface area contributed by atoms with Gasteiger partial charge in [-0.05, 0) is 41.4 Å². The Balaban J connectivity index is 2.01. The Morgan fingerprint density at radius 3 is 3.00 bits per heavy atom. The molecule has 0 saturated carbocycles. The van der Waals surface area contributed by atoms with Crippen molar-refractivity contribution in [3.05, 3.63) is 22.9 Å². The van der Waals surface area contributed by atoms with Gasteiger partial charge in [0.2, 0.25) is 10.0 Å². The van der Waals surface area contributed by atoms with E-state index in [0.717, 1.165) is 23.9 Å². The van der Waals surface area contributed by atoms with Crippen molar-refractivity contribution in [3.8, 4) is 0 Å². The van der Waals surface area contributed by atoms with Crippen LogP contribution in [0, 0.1) is 0 Å². The minimum absolute atomic E-state index is 0.0626. The molecule has 1 fully saturated rings. The number of halogens is 1. The number of nitrogens with one attached hydrogen (secondary N) is 2. The summed E-state index contributed by atoms with van der Waals surface area (Å²) < 4.78 is 27.0. The van der Waals surface area contributed by atoms with E-state index in [2.05, 4.69) is 31.0 Å². The monoisotopic (exact) mass is 319 g/mol. The summed E-state index contributed by atoms with van der Waals surface area (Å²) in [6, 6.07) is 1.75. The highest BCUT2D eigenvalue weighted by atomic mass is 79.9. The smallest absolute Gasteiger partial charge is 0.234 e. The topological polar surface area (TPSA) is 71.1 Å². The van der Waals surface area contributed by atoms with E-state index in [9.17, 15) is 8.42 Å². The number of pyridine rings is 1. The van der Waals surface area contributed by atoms with Crippen molar-refractivity contribution in [1.82, 2.24) is 10.3 Å². The second-order valence-electron chi connectivity index (χ2n) is 4.07. The van der Waals surface area contributed by atoms with Gasteiger partial charge in [-0.1, -0.05) is 0 Å². The molecule has 1 aliphatic rings. The first-order chi connectivity index (χ1) is 8.05. The van der Waals surface area contributed by atoms with Gasteiger partial charge in [0, 0.05) is 16.7 Å².